The first-order valence-electron chi connectivity index (χ1n) is 6.02. The second-order valence-electron chi connectivity index (χ2n) is 4.33. The van der Waals surface area contributed by atoms with Gasteiger partial charge in [-0.1, -0.05) is 6.92 Å². The van der Waals surface area contributed by atoms with E-state index < -0.39 is 6.43 Å². The van der Waals surface area contributed by atoms with Crippen molar-refractivity contribution in [2.24, 2.45) is 0 Å². The van der Waals surface area contributed by atoms with Gasteiger partial charge in [0.2, 0.25) is 0 Å². The number of rotatable bonds is 7. The Morgan fingerprint density at radius 3 is 2.67 bits per heavy atom. The summed E-state index contributed by atoms with van der Waals surface area (Å²) in [6, 6.07) is 0. The lowest BCUT2D eigenvalue weighted by Crippen LogP contribution is -2.18. The monoisotopic (exact) mass is 258 g/mol. The van der Waals surface area contributed by atoms with Gasteiger partial charge in [0.1, 0.15) is 11.5 Å². The second-order valence-corrected chi connectivity index (χ2v) is 4.33. The van der Waals surface area contributed by atoms with Crippen molar-refractivity contribution in [1.82, 2.24) is 20.2 Å². The molecule has 0 aliphatic rings. The van der Waals surface area contributed by atoms with Gasteiger partial charge >= 0.3 is 0 Å². The Morgan fingerprint density at radius 1 is 1.39 bits per heavy atom. The van der Waals surface area contributed by atoms with Crippen molar-refractivity contribution in [3.05, 3.63) is 23.3 Å². The molecule has 1 aromatic heterocycles. The summed E-state index contributed by atoms with van der Waals surface area (Å²) in [6.45, 7) is 3.78. The van der Waals surface area contributed by atoms with Crippen molar-refractivity contribution in [2.75, 3.05) is 27.2 Å². The van der Waals surface area contributed by atoms with Crippen molar-refractivity contribution in [2.45, 2.75) is 26.3 Å². The average Bonchev–Trinajstić information content (AvgIpc) is 2.34. The molecule has 1 heterocycles. The van der Waals surface area contributed by atoms with Gasteiger partial charge in [-0.05, 0) is 20.6 Å². The minimum atomic E-state index is -2.56. The van der Waals surface area contributed by atoms with Crippen LogP contribution in [0.4, 0.5) is 8.78 Å². The zero-order chi connectivity index (χ0) is 13.5. The number of halogens is 2. The van der Waals surface area contributed by atoms with Crippen LogP contribution in [0.25, 0.3) is 0 Å². The molecule has 0 aromatic carbocycles. The summed E-state index contributed by atoms with van der Waals surface area (Å²) in [7, 11) is 3.85. The van der Waals surface area contributed by atoms with Crippen LogP contribution in [-0.2, 0) is 13.0 Å². The highest BCUT2D eigenvalue weighted by molar-refractivity contribution is 5.19. The molecule has 102 valence electrons. The van der Waals surface area contributed by atoms with Crippen molar-refractivity contribution >= 4 is 0 Å². The van der Waals surface area contributed by atoms with Gasteiger partial charge in [0.05, 0.1) is 0 Å². The van der Waals surface area contributed by atoms with Gasteiger partial charge in [-0.3, -0.25) is 0 Å². The average molecular weight is 258 g/mol. The fraction of sp³-hybridized carbons (Fsp3) is 0.667. The topological polar surface area (TPSA) is 41.1 Å². The van der Waals surface area contributed by atoms with Crippen LogP contribution in [0.5, 0.6) is 0 Å². The molecule has 1 rings (SSSR count). The van der Waals surface area contributed by atoms with E-state index in [1.54, 1.807) is 0 Å². The molecule has 6 heteroatoms. The molecule has 0 aliphatic carbocycles. The van der Waals surface area contributed by atoms with E-state index in [1.165, 1.54) is 6.20 Å². The minimum absolute atomic E-state index is 0.153. The second kappa shape index (κ2) is 7.33. The Hall–Kier alpha value is -1.14. The van der Waals surface area contributed by atoms with Crippen molar-refractivity contribution < 1.29 is 8.78 Å². The highest BCUT2D eigenvalue weighted by Gasteiger charge is 2.16. The zero-order valence-corrected chi connectivity index (χ0v) is 11.1. The largest absolute Gasteiger partial charge is 0.313 e. The summed E-state index contributed by atoms with van der Waals surface area (Å²) in [6.07, 6.45) is -0.476. The normalized spacial score (nSPS) is 11.5. The van der Waals surface area contributed by atoms with E-state index in [9.17, 15) is 8.78 Å². The first-order valence-corrected chi connectivity index (χ1v) is 6.02. The van der Waals surface area contributed by atoms with Crippen LogP contribution in [0, 0.1) is 0 Å². The highest BCUT2D eigenvalue weighted by Crippen LogP contribution is 2.20. The lowest BCUT2D eigenvalue weighted by atomic mass is 10.2. The molecule has 18 heavy (non-hydrogen) atoms. The number of hydrogen-bond acceptors (Lipinski definition) is 4. The van der Waals surface area contributed by atoms with Gasteiger partial charge in [0, 0.05) is 31.3 Å². The van der Waals surface area contributed by atoms with Gasteiger partial charge in [0.25, 0.3) is 6.43 Å². The molecule has 0 spiro atoms. The number of nitrogens with zero attached hydrogens (tertiary/aromatic N) is 3. The molecule has 0 fully saturated rings. The van der Waals surface area contributed by atoms with E-state index in [-0.39, 0.29) is 5.69 Å². The molecule has 0 atom stereocenters. The molecule has 0 saturated carbocycles. The van der Waals surface area contributed by atoms with Crippen LogP contribution in [0.3, 0.4) is 0 Å². The molecule has 0 unspecified atom stereocenters. The summed E-state index contributed by atoms with van der Waals surface area (Å²) < 4.78 is 25.8. The fourth-order valence-corrected chi connectivity index (χ4v) is 1.49. The third kappa shape index (κ3) is 4.62. The lowest BCUT2D eigenvalue weighted by molar-refractivity contribution is 0.144. The summed E-state index contributed by atoms with van der Waals surface area (Å²) in [4.78, 5) is 10.1. The molecular formula is C12H20F2N4. The maximum absolute atomic E-state index is 12.9. The van der Waals surface area contributed by atoms with Gasteiger partial charge in [-0.25, -0.2) is 18.7 Å². The third-order valence-electron chi connectivity index (χ3n) is 2.50. The molecule has 0 radical (unpaired) electrons. The van der Waals surface area contributed by atoms with Gasteiger partial charge in [-0.2, -0.15) is 0 Å². The minimum Gasteiger partial charge on any atom is -0.313 e. The Morgan fingerprint density at radius 2 is 2.11 bits per heavy atom. The predicted octanol–water partition coefficient (Wildman–Crippen LogP) is 1.63. The maximum Gasteiger partial charge on any atom is 0.280 e. The van der Waals surface area contributed by atoms with Crippen LogP contribution in [0.15, 0.2) is 6.20 Å². The molecule has 0 bridgehead atoms. The standard InChI is InChI=1S/C12H20F2N4/c1-4-15-7-9-8-16-10(5-6-18(2)3)17-11(9)12(13)14/h8,12,15H,4-7H2,1-3H3. The SMILES string of the molecule is CCNCc1cnc(CCN(C)C)nc1C(F)F. The summed E-state index contributed by atoms with van der Waals surface area (Å²) >= 11 is 0. The van der Waals surface area contributed by atoms with Crippen molar-refractivity contribution in [1.29, 1.82) is 0 Å². The zero-order valence-electron chi connectivity index (χ0n) is 11.1. The van der Waals surface area contributed by atoms with Crippen molar-refractivity contribution in [3.8, 4) is 0 Å². The maximum atomic E-state index is 12.9. The molecule has 4 nitrogen and oxygen atoms in total. The quantitative estimate of drug-likeness (QED) is 0.807. The summed E-state index contributed by atoms with van der Waals surface area (Å²) in [5.41, 5.74) is 0.320. The van der Waals surface area contributed by atoms with Crippen LogP contribution in [-0.4, -0.2) is 42.1 Å². The Balaban J connectivity index is 2.82. The smallest absolute Gasteiger partial charge is 0.280 e. The highest BCUT2D eigenvalue weighted by atomic mass is 19.3. The van der Waals surface area contributed by atoms with Crippen LogP contribution in [0.1, 0.15) is 30.4 Å². The van der Waals surface area contributed by atoms with Crippen LogP contribution >= 0.6 is 0 Å². The Bertz CT molecular complexity index is 369. The van der Waals surface area contributed by atoms with E-state index >= 15 is 0 Å². The van der Waals surface area contributed by atoms with E-state index in [1.807, 2.05) is 25.9 Å². The molecular weight excluding hydrogens is 238 g/mol. The number of alkyl halides is 2. The predicted molar refractivity (Wildman–Crippen MR) is 66.6 cm³/mol. The van der Waals surface area contributed by atoms with Gasteiger partial charge in [-0.15, -0.1) is 0 Å². The number of likely N-dealkylation sites (N-methyl/N-ethyl adjacent to an activating group) is 1. The van der Waals surface area contributed by atoms with E-state index in [4.69, 9.17) is 0 Å². The van der Waals surface area contributed by atoms with Crippen LogP contribution < -0.4 is 5.32 Å². The van der Waals surface area contributed by atoms with E-state index in [2.05, 4.69) is 15.3 Å². The molecule has 0 saturated heterocycles. The molecule has 0 aliphatic heterocycles. The Kier molecular flexibility index (Phi) is 6.07. The summed E-state index contributed by atoms with van der Waals surface area (Å²) in [5.74, 6) is 0.472. The summed E-state index contributed by atoms with van der Waals surface area (Å²) in [5, 5.41) is 3.01. The Labute approximate surface area is 106 Å². The fourth-order valence-electron chi connectivity index (χ4n) is 1.49. The molecule has 0 amide bonds. The first-order chi connectivity index (χ1) is 8.54. The first kappa shape index (κ1) is 14.9. The van der Waals surface area contributed by atoms with E-state index in [0.29, 0.717) is 24.4 Å². The van der Waals surface area contributed by atoms with Gasteiger partial charge in [0.15, 0.2) is 0 Å². The third-order valence-corrected chi connectivity index (χ3v) is 2.50. The number of nitrogens with one attached hydrogen (secondary N) is 1. The van der Waals surface area contributed by atoms with Crippen LogP contribution in [0.2, 0.25) is 0 Å². The molecule has 1 aromatic rings. The van der Waals surface area contributed by atoms with Crippen molar-refractivity contribution in [3.63, 3.8) is 0 Å². The lowest BCUT2D eigenvalue weighted by Gasteiger charge is -2.11. The number of aromatic nitrogens is 2. The van der Waals surface area contributed by atoms with E-state index in [0.717, 1.165) is 13.1 Å². The number of hydrogen-bond donors (Lipinski definition) is 1. The van der Waals surface area contributed by atoms with Gasteiger partial charge < -0.3 is 10.2 Å². The molecule has 1 N–H and O–H groups in total.